The first kappa shape index (κ1) is 20.3. The van der Waals surface area contributed by atoms with Gasteiger partial charge in [-0.15, -0.1) is 0 Å². The van der Waals surface area contributed by atoms with Crippen molar-refractivity contribution in [3.63, 3.8) is 0 Å². The normalized spacial score (nSPS) is 19.6. The molecule has 1 atom stereocenters. The molecule has 1 amide bonds. The Balaban J connectivity index is 1.52. The minimum Gasteiger partial charge on any atom is -0.491 e. The van der Waals surface area contributed by atoms with Crippen LogP contribution >= 0.6 is 0 Å². The number of carbonyl (C=O) groups excluding carboxylic acids is 1. The fourth-order valence-electron chi connectivity index (χ4n) is 3.37. The van der Waals surface area contributed by atoms with Gasteiger partial charge >= 0.3 is 0 Å². The molecule has 0 spiro atoms. The van der Waals surface area contributed by atoms with Crippen LogP contribution in [0.4, 0.5) is 0 Å². The average molecular weight is 387 g/mol. The Hall–Kier alpha value is -2.41. The van der Waals surface area contributed by atoms with Gasteiger partial charge in [0.1, 0.15) is 18.0 Å². The third kappa shape index (κ3) is 5.10. The van der Waals surface area contributed by atoms with Crippen molar-refractivity contribution in [1.82, 2.24) is 15.0 Å². The molecular formula is C21H29N3O4. The van der Waals surface area contributed by atoms with Crippen molar-refractivity contribution < 1.29 is 19.2 Å². The summed E-state index contributed by atoms with van der Waals surface area (Å²) >= 11 is 0. The number of nitrogens with zero attached hydrogens (tertiary/aromatic N) is 3. The van der Waals surface area contributed by atoms with Gasteiger partial charge in [0.15, 0.2) is 5.82 Å². The number of benzene rings is 1. The minimum absolute atomic E-state index is 0.0134. The zero-order valence-electron chi connectivity index (χ0n) is 16.9. The summed E-state index contributed by atoms with van der Waals surface area (Å²) in [6.45, 7) is 7.13. The quantitative estimate of drug-likeness (QED) is 0.786. The lowest BCUT2D eigenvalue weighted by atomic mass is 9.93. The van der Waals surface area contributed by atoms with Gasteiger partial charge in [-0.3, -0.25) is 4.79 Å². The van der Waals surface area contributed by atoms with Crippen molar-refractivity contribution in [2.45, 2.75) is 58.5 Å². The number of hydrogen-bond donors (Lipinski definition) is 1. The Bertz CT molecular complexity index is 820. The fraction of sp³-hybridized carbons (Fsp3) is 0.571. The maximum Gasteiger partial charge on any atom is 0.227 e. The SMILES string of the molecule is CCc1noc(CCC(=O)N2CCCC(O)(COc3ccc(C)c(C)c3)C2)n1. The molecule has 1 aliphatic rings. The molecule has 1 aliphatic heterocycles. The first-order valence-electron chi connectivity index (χ1n) is 9.90. The highest BCUT2D eigenvalue weighted by atomic mass is 16.5. The molecule has 152 valence electrons. The number of aliphatic hydroxyl groups is 1. The summed E-state index contributed by atoms with van der Waals surface area (Å²) in [6, 6.07) is 5.89. The predicted octanol–water partition coefficient (Wildman–Crippen LogP) is 2.61. The monoisotopic (exact) mass is 387 g/mol. The molecule has 1 N–H and O–H groups in total. The van der Waals surface area contributed by atoms with Crippen LogP contribution in [0, 0.1) is 13.8 Å². The summed E-state index contributed by atoms with van der Waals surface area (Å²) in [5.74, 6) is 1.86. The number of ether oxygens (including phenoxy) is 1. The van der Waals surface area contributed by atoms with Crippen LogP contribution in [0.1, 0.15) is 49.0 Å². The molecule has 1 fully saturated rings. The van der Waals surface area contributed by atoms with Crippen LogP contribution in [0.3, 0.4) is 0 Å². The molecule has 2 heterocycles. The minimum atomic E-state index is -1.04. The number of β-amino-alcohol motifs (C(OH)–C–C–N with tert-alkyl or cyclic N) is 1. The predicted molar refractivity (Wildman–Crippen MR) is 104 cm³/mol. The Labute approximate surface area is 165 Å². The van der Waals surface area contributed by atoms with E-state index >= 15 is 0 Å². The van der Waals surface area contributed by atoms with Crippen LogP contribution in [0.15, 0.2) is 22.7 Å². The number of aromatic nitrogens is 2. The number of likely N-dealkylation sites (tertiary alicyclic amines) is 1. The first-order chi connectivity index (χ1) is 13.4. The topological polar surface area (TPSA) is 88.7 Å². The van der Waals surface area contributed by atoms with Crippen LogP contribution in [0.25, 0.3) is 0 Å². The van der Waals surface area contributed by atoms with Gasteiger partial charge in [-0.1, -0.05) is 18.1 Å². The third-order valence-corrected chi connectivity index (χ3v) is 5.27. The first-order valence-corrected chi connectivity index (χ1v) is 9.90. The van der Waals surface area contributed by atoms with E-state index < -0.39 is 5.60 Å². The van der Waals surface area contributed by atoms with Gasteiger partial charge in [-0.25, -0.2) is 0 Å². The van der Waals surface area contributed by atoms with Crippen LogP contribution < -0.4 is 4.74 Å². The number of hydrogen-bond acceptors (Lipinski definition) is 6. The van der Waals surface area contributed by atoms with E-state index in [2.05, 4.69) is 17.1 Å². The van der Waals surface area contributed by atoms with Crippen molar-refractivity contribution in [2.24, 2.45) is 0 Å². The molecule has 1 aromatic heterocycles. The van der Waals surface area contributed by atoms with Crippen molar-refractivity contribution in [3.05, 3.63) is 41.0 Å². The molecule has 7 nitrogen and oxygen atoms in total. The van der Waals surface area contributed by atoms with E-state index in [1.807, 2.05) is 32.0 Å². The Morgan fingerprint density at radius 1 is 1.36 bits per heavy atom. The smallest absolute Gasteiger partial charge is 0.227 e. The van der Waals surface area contributed by atoms with Gasteiger partial charge in [0.25, 0.3) is 0 Å². The van der Waals surface area contributed by atoms with E-state index in [4.69, 9.17) is 9.26 Å². The van der Waals surface area contributed by atoms with Crippen molar-refractivity contribution >= 4 is 5.91 Å². The van der Waals surface area contributed by atoms with E-state index in [-0.39, 0.29) is 19.1 Å². The van der Waals surface area contributed by atoms with Gasteiger partial charge in [-0.05, 0) is 49.9 Å². The molecule has 28 heavy (non-hydrogen) atoms. The molecule has 2 aromatic rings. The molecule has 7 heteroatoms. The number of rotatable bonds is 7. The summed E-state index contributed by atoms with van der Waals surface area (Å²) in [5, 5.41) is 14.8. The highest BCUT2D eigenvalue weighted by Gasteiger charge is 2.36. The van der Waals surface area contributed by atoms with E-state index in [0.717, 1.165) is 17.7 Å². The molecule has 0 aliphatic carbocycles. The summed E-state index contributed by atoms with van der Waals surface area (Å²) in [5.41, 5.74) is 1.32. The summed E-state index contributed by atoms with van der Waals surface area (Å²) in [7, 11) is 0. The van der Waals surface area contributed by atoms with Crippen LogP contribution in [0.5, 0.6) is 5.75 Å². The lowest BCUT2D eigenvalue weighted by Gasteiger charge is -2.39. The van der Waals surface area contributed by atoms with Gasteiger partial charge in [-0.2, -0.15) is 4.98 Å². The number of aryl methyl sites for hydroxylation is 4. The van der Waals surface area contributed by atoms with E-state index in [9.17, 15) is 9.90 Å². The third-order valence-electron chi connectivity index (χ3n) is 5.27. The van der Waals surface area contributed by atoms with Crippen LogP contribution in [-0.2, 0) is 17.6 Å². The number of piperidine rings is 1. The average Bonchev–Trinajstić information content (AvgIpc) is 3.15. The Kier molecular flexibility index (Phi) is 6.34. The molecule has 1 saturated heterocycles. The lowest BCUT2D eigenvalue weighted by molar-refractivity contribution is -0.140. The zero-order valence-corrected chi connectivity index (χ0v) is 16.9. The second kappa shape index (κ2) is 8.73. The molecule has 1 unspecified atom stereocenters. The van der Waals surface area contributed by atoms with Gasteiger partial charge in [0, 0.05) is 25.8 Å². The second-order valence-corrected chi connectivity index (χ2v) is 7.64. The lowest BCUT2D eigenvalue weighted by Crippen LogP contribution is -2.53. The standard InChI is InChI=1S/C21H29N3O4/c1-4-18-22-19(28-23-18)8-9-20(25)24-11-5-10-21(26,13-24)14-27-17-7-6-15(2)16(3)12-17/h6-7,12,26H,4-5,8-11,13-14H2,1-3H3. The molecular weight excluding hydrogens is 358 g/mol. The largest absolute Gasteiger partial charge is 0.491 e. The van der Waals surface area contributed by atoms with Gasteiger partial charge in [0.2, 0.25) is 11.8 Å². The Morgan fingerprint density at radius 3 is 2.89 bits per heavy atom. The van der Waals surface area contributed by atoms with Crippen molar-refractivity contribution in [3.8, 4) is 5.75 Å². The fourth-order valence-corrected chi connectivity index (χ4v) is 3.37. The number of carbonyl (C=O) groups is 1. The Morgan fingerprint density at radius 2 is 2.18 bits per heavy atom. The summed E-state index contributed by atoms with van der Waals surface area (Å²) in [4.78, 5) is 18.5. The van der Waals surface area contributed by atoms with Crippen molar-refractivity contribution in [1.29, 1.82) is 0 Å². The summed E-state index contributed by atoms with van der Waals surface area (Å²) < 4.78 is 11.0. The highest BCUT2D eigenvalue weighted by molar-refractivity contribution is 5.76. The molecule has 0 bridgehead atoms. The van der Waals surface area contributed by atoms with Gasteiger partial charge < -0.3 is 19.3 Å². The zero-order chi connectivity index (χ0) is 20.1. The van der Waals surface area contributed by atoms with Crippen LogP contribution in [-0.4, -0.2) is 51.4 Å². The summed E-state index contributed by atoms with van der Waals surface area (Å²) in [6.07, 6.45) is 2.78. The van der Waals surface area contributed by atoms with E-state index in [0.29, 0.717) is 43.9 Å². The highest BCUT2D eigenvalue weighted by Crippen LogP contribution is 2.24. The van der Waals surface area contributed by atoms with Crippen LogP contribution in [0.2, 0.25) is 0 Å². The molecule has 0 saturated carbocycles. The molecule has 3 rings (SSSR count). The van der Waals surface area contributed by atoms with E-state index in [1.165, 1.54) is 5.56 Å². The number of amides is 1. The van der Waals surface area contributed by atoms with Gasteiger partial charge in [0.05, 0.1) is 6.54 Å². The maximum atomic E-state index is 12.6. The molecule has 1 aromatic carbocycles. The maximum absolute atomic E-state index is 12.6. The van der Waals surface area contributed by atoms with E-state index in [1.54, 1.807) is 4.90 Å². The second-order valence-electron chi connectivity index (χ2n) is 7.64. The van der Waals surface area contributed by atoms with Crippen molar-refractivity contribution in [2.75, 3.05) is 19.7 Å². The molecule has 0 radical (unpaired) electrons.